The van der Waals surface area contributed by atoms with Gasteiger partial charge in [0.1, 0.15) is 5.75 Å². The van der Waals surface area contributed by atoms with Crippen molar-refractivity contribution in [3.8, 4) is 17.0 Å². The molecule has 2 aromatic rings. The number of ether oxygens (including phenoxy) is 1. The Hall–Kier alpha value is -1.24. The lowest BCUT2D eigenvalue weighted by atomic mass is 9.98. The molecule has 1 aromatic heterocycles. The molecule has 21 heavy (non-hydrogen) atoms. The number of aromatic nitrogens is 1. The van der Waals surface area contributed by atoms with E-state index >= 15 is 0 Å². The monoisotopic (exact) mass is 327 g/mol. The quantitative estimate of drug-likeness (QED) is 0.636. The normalized spacial score (nSPS) is 14.7. The molecule has 0 bridgehead atoms. The molecule has 1 atom stereocenters. The molecule has 0 saturated heterocycles. The van der Waals surface area contributed by atoms with E-state index in [-0.39, 0.29) is 0 Å². The summed E-state index contributed by atoms with van der Waals surface area (Å²) in [6, 6.07) is 3.36. The molecule has 1 aromatic carbocycles. The number of rotatable bonds is 4. The van der Waals surface area contributed by atoms with Gasteiger partial charge in [0.2, 0.25) is 0 Å². The lowest BCUT2D eigenvalue weighted by molar-refractivity contribution is 0.198. The molecule has 6 nitrogen and oxygen atoms in total. The van der Waals surface area contributed by atoms with Crippen LogP contribution in [0.25, 0.3) is 11.3 Å². The number of hydrogen-bond donors (Lipinski definition) is 3. The van der Waals surface area contributed by atoms with Crippen molar-refractivity contribution >= 4 is 18.9 Å². The smallest absolute Gasteiger partial charge is 0.362 e. The second kappa shape index (κ2) is 5.19. The first-order valence-electron chi connectivity index (χ1n) is 6.31. The zero-order valence-electron chi connectivity index (χ0n) is 11.2. The van der Waals surface area contributed by atoms with Crippen LogP contribution in [-0.4, -0.2) is 26.2 Å². The van der Waals surface area contributed by atoms with Crippen molar-refractivity contribution in [1.82, 2.24) is 4.98 Å². The van der Waals surface area contributed by atoms with E-state index in [1.54, 1.807) is 24.6 Å². The highest BCUT2D eigenvalue weighted by molar-refractivity contribution is 7.51. The van der Waals surface area contributed by atoms with Gasteiger partial charge in [0.05, 0.1) is 17.3 Å². The SMILES string of the molecule is CC(O)c1ccc(OCP(=O)(O)O)c2c1Cc1scnc1-2. The minimum Gasteiger partial charge on any atom is -0.480 e. The van der Waals surface area contributed by atoms with Gasteiger partial charge >= 0.3 is 7.60 Å². The first kappa shape index (κ1) is 14.7. The zero-order chi connectivity index (χ0) is 15.2. The third-order valence-corrected chi connectivity index (χ3v) is 4.66. The van der Waals surface area contributed by atoms with Crippen LogP contribution >= 0.6 is 18.9 Å². The second-order valence-corrected chi connectivity index (χ2v) is 7.45. The average molecular weight is 327 g/mol. The lowest BCUT2D eigenvalue weighted by Gasteiger charge is -2.16. The zero-order valence-corrected chi connectivity index (χ0v) is 12.9. The number of hydrogen-bond acceptors (Lipinski definition) is 5. The first-order chi connectivity index (χ1) is 9.87. The maximum absolute atomic E-state index is 11.0. The molecule has 8 heteroatoms. The molecule has 1 aliphatic carbocycles. The molecule has 0 fully saturated rings. The molecule has 3 rings (SSSR count). The molecule has 0 saturated carbocycles. The van der Waals surface area contributed by atoms with Gasteiger partial charge < -0.3 is 19.6 Å². The Kier molecular flexibility index (Phi) is 3.63. The predicted octanol–water partition coefficient (Wildman–Crippen LogP) is 2.28. The molecule has 1 aliphatic rings. The van der Waals surface area contributed by atoms with E-state index in [0.717, 1.165) is 27.3 Å². The van der Waals surface area contributed by atoms with Crippen molar-refractivity contribution in [2.45, 2.75) is 19.4 Å². The van der Waals surface area contributed by atoms with Crippen LogP contribution in [0, 0.1) is 0 Å². The van der Waals surface area contributed by atoms with Gasteiger partial charge in [-0.3, -0.25) is 4.57 Å². The van der Waals surface area contributed by atoms with E-state index in [2.05, 4.69) is 4.98 Å². The topological polar surface area (TPSA) is 99.9 Å². The van der Waals surface area contributed by atoms with Crippen LogP contribution in [0.1, 0.15) is 29.0 Å². The highest BCUT2D eigenvalue weighted by Gasteiger charge is 2.29. The number of aliphatic hydroxyl groups is 1. The number of nitrogens with zero attached hydrogens (tertiary/aromatic N) is 1. The van der Waals surface area contributed by atoms with Crippen LogP contribution in [0.5, 0.6) is 5.75 Å². The maximum Gasteiger partial charge on any atom is 0.362 e. The Morgan fingerprint density at radius 3 is 2.90 bits per heavy atom. The van der Waals surface area contributed by atoms with E-state index in [1.807, 2.05) is 0 Å². The first-order valence-corrected chi connectivity index (χ1v) is 8.98. The van der Waals surface area contributed by atoms with Gasteiger partial charge in [-0.25, -0.2) is 4.98 Å². The molecule has 0 aliphatic heterocycles. The third kappa shape index (κ3) is 2.75. The van der Waals surface area contributed by atoms with E-state index in [4.69, 9.17) is 14.5 Å². The maximum atomic E-state index is 11.0. The Morgan fingerprint density at radius 1 is 1.48 bits per heavy atom. The molecule has 3 N–H and O–H groups in total. The van der Waals surface area contributed by atoms with Gasteiger partial charge in [-0.15, -0.1) is 11.3 Å². The van der Waals surface area contributed by atoms with E-state index in [9.17, 15) is 9.67 Å². The molecule has 0 spiro atoms. The van der Waals surface area contributed by atoms with E-state index in [0.29, 0.717) is 12.2 Å². The molecular weight excluding hydrogens is 313 g/mol. The molecule has 1 unspecified atom stereocenters. The van der Waals surface area contributed by atoms with Crippen molar-refractivity contribution in [2.24, 2.45) is 0 Å². The van der Waals surface area contributed by atoms with Gasteiger partial charge in [0.15, 0.2) is 6.35 Å². The Balaban J connectivity index is 2.08. The summed E-state index contributed by atoms with van der Waals surface area (Å²) < 4.78 is 16.3. The second-order valence-electron chi connectivity index (χ2n) is 4.92. The molecular formula is C13H14NO5PS. The molecule has 112 valence electrons. The number of aliphatic hydroxyl groups excluding tert-OH is 1. The summed E-state index contributed by atoms with van der Waals surface area (Å²) in [7, 11) is -4.25. The number of benzene rings is 1. The fourth-order valence-corrected chi connectivity index (χ4v) is 3.60. The third-order valence-electron chi connectivity index (χ3n) is 3.36. The van der Waals surface area contributed by atoms with Gasteiger partial charge in [-0.2, -0.15) is 0 Å². The van der Waals surface area contributed by atoms with E-state index in [1.165, 1.54) is 11.3 Å². The van der Waals surface area contributed by atoms with Gasteiger partial charge in [0, 0.05) is 16.9 Å². The van der Waals surface area contributed by atoms with Crippen molar-refractivity contribution in [1.29, 1.82) is 0 Å². The van der Waals surface area contributed by atoms with Crippen molar-refractivity contribution in [3.63, 3.8) is 0 Å². The van der Waals surface area contributed by atoms with Crippen LogP contribution in [0.4, 0.5) is 0 Å². The van der Waals surface area contributed by atoms with Gasteiger partial charge in [-0.1, -0.05) is 6.07 Å². The Morgan fingerprint density at radius 2 is 2.24 bits per heavy atom. The summed E-state index contributed by atoms with van der Waals surface area (Å²) in [6.07, 6.45) is -0.640. The predicted molar refractivity (Wildman–Crippen MR) is 78.5 cm³/mol. The summed E-state index contributed by atoms with van der Waals surface area (Å²) in [6.45, 7) is 1.69. The molecule has 0 amide bonds. The molecule has 0 radical (unpaired) electrons. The standard InChI is InChI=1S/C13H14NO5PS/c1-7(15)8-2-3-10(19-6-20(16,17)18)12-9(8)4-11-13(12)14-5-21-11/h2-3,5,7,15H,4,6H2,1H3,(H2,16,17,18). The van der Waals surface area contributed by atoms with Crippen LogP contribution in [0.3, 0.4) is 0 Å². The van der Waals surface area contributed by atoms with Crippen LogP contribution < -0.4 is 4.74 Å². The van der Waals surface area contributed by atoms with E-state index < -0.39 is 20.0 Å². The lowest BCUT2D eigenvalue weighted by Crippen LogP contribution is -2.03. The van der Waals surface area contributed by atoms with Gasteiger partial charge in [0.25, 0.3) is 0 Å². The summed E-state index contributed by atoms with van der Waals surface area (Å²) in [5, 5.41) is 9.87. The summed E-state index contributed by atoms with van der Waals surface area (Å²) in [5.74, 6) is 0.391. The van der Waals surface area contributed by atoms with Crippen LogP contribution in [-0.2, 0) is 11.0 Å². The largest absolute Gasteiger partial charge is 0.480 e. The highest BCUT2D eigenvalue weighted by atomic mass is 32.1. The van der Waals surface area contributed by atoms with Gasteiger partial charge in [-0.05, 0) is 24.1 Å². The van der Waals surface area contributed by atoms with Crippen LogP contribution in [0.15, 0.2) is 17.6 Å². The fraction of sp³-hybridized carbons (Fsp3) is 0.308. The minimum atomic E-state index is -4.25. The van der Waals surface area contributed by atoms with Crippen LogP contribution in [0.2, 0.25) is 0 Å². The van der Waals surface area contributed by atoms with Crippen molar-refractivity contribution < 1.29 is 24.2 Å². The Bertz CT molecular complexity index is 736. The van der Waals surface area contributed by atoms with Crippen molar-refractivity contribution in [2.75, 3.05) is 6.35 Å². The number of thiazole rings is 1. The fourth-order valence-electron chi connectivity index (χ4n) is 2.52. The van der Waals surface area contributed by atoms with Crippen molar-refractivity contribution in [3.05, 3.63) is 33.6 Å². The summed E-state index contributed by atoms with van der Waals surface area (Å²) in [4.78, 5) is 23.3. The number of fused-ring (bicyclic) bond motifs is 3. The highest BCUT2D eigenvalue weighted by Crippen LogP contribution is 2.47. The average Bonchev–Trinajstić information content (AvgIpc) is 2.94. The minimum absolute atomic E-state index is 0.391. The summed E-state index contributed by atoms with van der Waals surface area (Å²) >= 11 is 1.52. The molecule has 1 heterocycles. The Labute approximate surface area is 125 Å². The summed E-state index contributed by atoms with van der Waals surface area (Å²) in [5.41, 5.74) is 4.95.